The van der Waals surface area contributed by atoms with Crippen molar-refractivity contribution in [3.05, 3.63) is 40.1 Å². The second kappa shape index (κ2) is 6.29. The topological polar surface area (TPSA) is 96.3 Å². The first kappa shape index (κ1) is 15.9. The highest BCUT2D eigenvalue weighted by molar-refractivity contribution is 7.89. The van der Waals surface area contributed by atoms with Crippen molar-refractivity contribution in [2.45, 2.75) is 43.9 Å². The molecule has 3 rings (SSSR count). The Bertz CT molecular complexity index is 908. The lowest BCUT2D eigenvalue weighted by molar-refractivity contribution is 0.579. The van der Waals surface area contributed by atoms with Crippen LogP contribution in [0.25, 0.3) is 5.52 Å². The van der Waals surface area contributed by atoms with E-state index in [1.54, 1.807) is 6.92 Å². The summed E-state index contributed by atoms with van der Waals surface area (Å²) in [6.45, 7) is 2.07. The van der Waals surface area contributed by atoms with E-state index in [9.17, 15) is 13.2 Å². The van der Waals surface area contributed by atoms with Gasteiger partial charge in [0.05, 0.1) is 0 Å². The van der Waals surface area contributed by atoms with Crippen LogP contribution in [-0.2, 0) is 10.0 Å². The number of H-pyrrole nitrogens is 1. The van der Waals surface area contributed by atoms with Crippen molar-refractivity contribution >= 4 is 15.5 Å². The fraction of sp³-hybridized carbons (Fsp3) is 0.467. The lowest BCUT2D eigenvalue weighted by Gasteiger charge is -2.12. The van der Waals surface area contributed by atoms with Crippen molar-refractivity contribution in [1.82, 2.24) is 19.3 Å². The van der Waals surface area contributed by atoms with E-state index in [-0.39, 0.29) is 10.4 Å². The molecule has 0 unspecified atom stereocenters. The zero-order chi connectivity index (χ0) is 16.4. The first-order valence-corrected chi connectivity index (χ1v) is 9.21. The number of fused-ring (bicyclic) bond motifs is 1. The Morgan fingerprint density at radius 3 is 2.91 bits per heavy atom. The van der Waals surface area contributed by atoms with E-state index in [4.69, 9.17) is 0 Å². The van der Waals surface area contributed by atoms with Crippen molar-refractivity contribution in [2.24, 2.45) is 0 Å². The number of hydrogen-bond acceptors (Lipinski definition) is 4. The van der Waals surface area contributed by atoms with E-state index in [2.05, 4.69) is 21.0 Å². The van der Waals surface area contributed by atoms with Crippen LogP contribution in [0.1, 0.15) is 37.9 Å². The van der Waals surface area contributed by atoms with E-state index in [0.29, 0.717) is 12.4 Å². The van der Waals surface area contributed by atoms with Crippen molar-refractivity contribution in [3.8, 4) is 0 Å². The standard InChI is InChI=1S/C15H20N4O3S/c1-11-17-18-15(20)14-9-13(10-19(11)14)23(21,22)16-8-7-12-5-3-2-4-6-12/h5,9-10,16H,2-4,6-8H2,1H3,(H,18,20). The maximum atomic E-state index is 12.4. The molecule has 7 nitrogen and oxygen atoms in total. The van der Waals surface area contributed by atoms with Gasteiger partial charge in [-0.25, -0.2) is 18.2 Å². The molecule has 23 heavy (non-hydrogen) atoms. The molecule has 0 saturated heterocycles. The Hall–Kier alpha value is -1.93. The molecular formula is C15H20N4O3S. The maximum absolute atomic E-state index is 12.4. The van der Waals surface area contributed by atoms with Gasteiger partial charge in [0, 0.05) is 12.7 Å². The number of aromatic amines is 1. The van der Waals surface area contributed by atoms with Gasteiger partial charge in [0.1, 0.15) is 16.2 Å². The summed E-state index contributed by atoms with van der Waals surface area (Å²) in [5.41, 5.74) is 1.18. The third kappa shape index (κ3) is 3.37. The van der Waals surface area contributed by atoms with Gasteiger partial charge in [-0.3, -0.25) is 9.20 Å². The molecule has 0 atom stereocenters. The van der Waals surface area contributed by atoms with Gasteiger partial charge < -0.3 is 0 Å². The van der Waals surface area contributed by atoms with Crippen molar-refractivity contribution < 1.29 is 8.42 Å². The van der Waals surface area contributed by atoms with Crippen molar-refractivity contribution in [1.29, 1.82) is 0 Å². The van der Waals surface area contributed by atoms with Crippen LogP contribution in [0.3, 0.4) is 0 Å². The molecule has 2 heterocycles. The van der Waals surface area contributed by atoms with Gasteiger partial charge in [-0.2, -0.15) is 5.10 Å². The fourth-order valence-electron chi connectivity index (χ4n) is 2.83. The quantitative estimate of drug-likeness (QED) is 0.809. The van der Waals surface area contributed by atoms with Crippen LogP contribution in [-0.4, -0.2) is 29.6 Å². The molecule has 1 aliphatic rings. The second-order valence-electron chi connectivity index (χ2n) is 5.79. The van der Waals surface area contributed by atoms with Crippen LogP contribution in [0.15, 0.2) is 33.6 Å². The second-order valence-corrected chi connectivity index (χ2v) is 7.55. The van der Waals surface area contributed by atoms with Crippen LogP contribution in [0, 0.1) is 6.92 Å². The van der Waals surface area contributed by atoms with Gasteiger partial charge in [0.25, 0.3) is 5.56 Å². The molecule has 2 N–H and O–H groups in total. The summed E-state index contributed by atoms with van der Waals surface area (Å²) in [6, 6.07) is 1.37. The molecule has 124 valence electrons. The van der Waals surface area contributed by atoms with E-state index in [0.717, 1.165) is 19.3 Å². The molecule has 0 saturated carbocycles. The highest BCUT2D eigenvalue weighted by Crippen LogP contribution is 2.20. The number of allylic oxidation sites excluding steroid dienone is 1. The van der Waals surface area contributed by atoms with Crippen LogP contribution >= 0.6 is 0 Å². The largest absolute Gasteiger partial charge is 0.298 e. The number of nitrogens with zero attached hydrogens (tertiary/aromatic N) is 2. The monoisotopic (exact) mass is 336 g/mol. The molecule has 0 radical (unpaired) electrons. The number of rotatable bonds is 5. The number of hydrogen-bond donors (Lipinski definition) is 2. The van der Waals surface area contributed by atoms with Crippen LogP contribution in [0.2, 0.25) is 0 Å². The molecule has 2 aromatic heterocycles. The van der Waals surface area contributed by atoms with Gasteiger partial charge in [-0.05, 0) is 45.1 Å². The Labute approximate surface area is 134 Å². The van der Waals surface area contributed by atoms with Crippen LogP contribution in [0.4, 0.5) is 0 Å². The van der Waals surface area contributed by atoms with E-state index in [1.165, 1.54) is 35.1 Å². The molecule has 0 amide bonds. The molecule has 8 heteroatoms. The minimum atomic E-state index is -3.64. The molecule has 0 bridgehead atoms. The molecule has 1 aliphatic carbocycles. The molecular weight excluding hydrogens is 316 g/mol. The van der Waals surface area contributed by atoms with Gasteiger partial charge >= 0.3 is 0 Å². The van der Waals surface area contributed by atoms with E-state index in [1.807, 2.05) is 0 Å². The minimum absolute atomic E-state index is 0.0803. The summed E-state index contributed by atoms with van der Waals surface area (Å²) in [6.07, 6.45) is 8.90. The van der Waals surface area contributed by atoms with Gasteiger partial charge in [0.2, 0.25) is 10.0 Å². The summed E-state index contributed by atoms with van der Waals surface area (Å²) < 4.78 is 28.9. The summed E-state index contributed by atoms with van der Waals surface area (Å²) in [7, 11) is -3.64. The Balaban J connectivity index is 1.77. The fourth-order valence-corrected chi connectivity index (χ4v) is 3.88. The molecule has 0 aliphatic heterocycles. The SMILES string of the molecule is Cc1n[nH]c(=O)c2cc(S(=O)(=O)NCCC3=CCCCC3)cn12. The van der Waals surface area contributed by atoms with Gasteiger partial charge in [-0.15, -0.1) is 0 Å². The average molecular weight is 336 g/mol. The zero-order valence-corrected chi connectivity index (χ0v) is 13.8. The summed E-state index contributed by atoms with van der Waals surface area (Å²) in [5.74, 6) is 0.522. The maximum Gasteiger partial charge on any atom is 0.288 e. The van der Waals surface area contributed by atoms with Gasteiger partial charge in [0.15, 0.2) is 0 Å². The third-order valence-corrected chi connectivity index (χ3v) is 5.56. The van der Waals surface area contributed by atoms with E-state index < -0.39 is 15.6 Å². The summed E-state index contributed by atoms with van der Waals surface area (Å²) in [4.78, 5) is 11.8. The zero-order valence-electron chi connectivity index (χ0n) is 13.0. The minimum Gasteiger partial charge on any atom is -0.298 e. The van der Waals surface area contributed by atoms with Crippen LogP contribution in [0.5, 0.6) is 0 Å². The smallest absolute Gasteiger partial charge is 0.288 e. The molecule has 0 fully saturated rings. The number of sulfonamides is 1. The lowest BCUT2D eigenvalue weighted by Crippen LogP contribution is -2.24. The predicted octanol–water partition coefficient (Wildman–Crippen LogP) is 1.50. The predicted molar refractivity (Wildman–Crippen MR) is 86.9 cm³/mol. The highest BCUT2D eigenvalue weighted by atomic mass is 32.2. The Morgan fingerprint density at radius 2 is 2.22 bits per heavy atom. The Kier molecular flexibility index (Phi) is 4.36. The summed E-state index contributed by atoms with van der Waals surface area (Å²) in [5, 5.41) is 6.17. The molecule has 0 spiro atoms. The van der Waals surface area contributed by atoms with Crippen LogP contribution < -0.4 is 10.3 Å². The molecule has 0 aromatic carbocycles. The number of aryl methyl sites for hydroxylation is 1. The van der Waals surface area contributed by atoms with Gasteiger partial charge in [-0.1, -0.05) is 11.6 Å². The lowest BCUT2D eigenvalue weighted by atomic mass is 9.97. The summed E-state index contributed by atoms with van der Waals surface area (Å²) >= 11 is 0. The first-order chi connectivity index (χ1) is 11.0. The third-order valence-electron chi connectivity index (χ3n) is 4.13. The average Bonchev–Trinajstić information content (AvgIpc) is 2.99. The highest BCUT2D eigenvalue weighted by Gasteiger charge is 2.18. The van der Waals surface area contributed by atoms with Crippen molar-refractivity contribution in [3.63, 3.8) is 0 Å². The molecule has 2 aromatic rings. The number of nitrogens with one attached hydrogen (secondary N) is 2. The number of aromatic nitrogens is 3. The first-order valence-electron chi connectivity index (χ1n) is 7.72. The Morgan fingerprint density at radius 1 is 1.39 bits per heavy atom. The van der Waals surface area contributed by atoms with Crippen molar-refractivity contribution in [2.75, 3.05) is 6.54 Å². The normalized spacial score (nSPS) is 15.8. The van der Waals surface area contributed by atoms with E-state index >= 15 is 0 Å².